The van der Waals surface area contributed by atoms with Crippen LogP contribution in [0.1, 0.15) is 27.9 Å². The average molecular weight is 345 g/mol. The third-order valence-electron chi connectivity index (χ3n) is 3.91. The number of carbonyl (C=O) groups excluding carboxylic acids is 1. The largest absolute Gasteiger partial charge is 0.398 e. The van der Waals surface area contributed by atoms with E-state index >= 15 is 0 Å². The maximum atomic E-state index is 12.9. The van der Waals surface area contributed by atoms with E-state index in [1.54, 1.807) is 12.1 Å². The van der Waals surface area contributed by atoms with Crippen LogP contribution in [0.25, 0.3) is 0 Å². The molecule has 108 valence electrons. The Morgan fingerprint density at radius 1 is 1.29 bits per heavy atom. The van der Waals surface area contributed by atoms with Gasteiger partial charge in [-0.2, -0.15) is 0 Å². The van der Waals surface area contributed by atoms with Gasteiger partial charge in [0.15, 0.2) is 0 Å². The van der Waals surface area contributed by atoms with Gasteiger partial charge in [-0.05, 0) is 49.1 Å². The van der Waals surface area contributed by atoms with E-state index in [0.717, 1.165) is 35.1 Å². The Hall–Kier alpha value is -1.81. The topological polar surface area (TPSA) is 46.3 Å². The Kier molecular flexibility index (Phi) is 3.72. The van der Waals surface area contributed by atoms with Gasteiger partial charge in [0.1, 0.15) is 0 Å². The third-order valence-corrected chi connectivity index (χ3v) is 4.40. The van der Waals surface area contributed by atoms with E-state index in [2.05, 4.69) is 41.1 Å². The Balaban J connectivity index is 2.04. The van der Waals surface area contributed by atoms with Crippen LogP contribution < -0.4 is 10.6 Å². The molecule has 21 heavy (non-hydrogen) atoms. The molecule has 0 fully saturated rings. The van der Waals surface area contributed by atoms with E-state index in [4.69, 9.17) is 5.73 Å². The first-order valence-corrected chi connectivity index (χ1v) is 7.82. The molecule has 0 aliphatic carbocycles. The molecule has 0 aromatic heterocycles. The number of rotatable bonds is 1. The summed E-state index contributed by atoms with van der Waals surface area (Å²) >= 11 is 3.37. The number of benzene rings is 2. The van der Waals surface area contributed by atoms with Gasteiger partial charge in [-0.15, -0.1) is 0 Å². The molecule has 4 heteroatoms. The number of para-hydroxylation sites is 1. The van der Waals surface area contributed by atoms with Crippen LogP contribution in [0.2, 0.25) is 0 Å². The minimum Gasteiger partial charge on any atom is -0.398 e. The maximum absolute atomic E-state index is 12.9. The summed E-state index contributed by atoms with van der Waals surface area (Å²) in [5.41, 5.74) is 10.5. The number of nitrogen functional groups attached to an aromatic ring is 1. The van der Waals surface area contributed by atoms with Crippen LogP contribution in [0, 0.1) is 6.92 Å². The first kappa shape index (κ1) is 14.1. The molecule has 1 amide bonds. The molecule has 2 aromatic carbocycles. The fourth-order valence-corrected chi connectivity index (χ4v) is 3.30. The number of hydrogen-bond acceptors (Lipinski definition) is 2. The van der Waals surface area contributed by atoms with Crippen molar-refractivity contribution >= 4 is 33.2 Å². The fraction of sp³-hybridized carbons (Fsp3) is 0.235. The summed E-state index contributed by atoms with van der Waals surface area (Å²) in [6.07, 6.45) is 2.01. The van der Waals surface area contributed by atoms with Crippen molar-refractivity contribution in [2.45, 2.75) is 19.8 Å². The standard InChI is InChI=1S/C17H17BrN2O/c1-11-4-2-5-12-6-3-9-20(16(11)12)17(21)14-8-7-13(18)10-15(14)19/h2,4-5,7-8,10H,3,6,9,19H2,1H3. The van der Waals surface area contributed by atoms with Gasteiger partial charge in [-0.1, -0.05) is 34.1 Å². The number of anilines is 2. The molecule has 1 aliphatic heterocycles. The van der Waals surface area contributed by atoms with E-state index in [-0.39, 0.29) is 5.91 Å². The highest BCUT2D eigenvalue weighted by Gasteiger charge is 2.26. The molecular formula is C17H17BrN2O. The van der Waals surface area contributed by atoms with E-state index in [1.165, 1.54) is 5.56 Å². The van der Waals surface area contributed by atoms with Crippen molar-refractivity contribution < 1.29 is 4.79 Å². The van der Waals surface area contributed by atoms with Crippen LogP contribution >= 0.6 is 15.9 Å². The van der Waals surface area contributed by atoms with Gasteiger partial charge >= 0.3 is 0 Å². The smallest absolute Gasteiger partial charge is 0.260 e. The molecule has 0 radical (unpaired) electrons. The highest BCUT2D eigenvalue weighted by molar-refractivity contribution is 9.10. The Morgan fingerprint density at radius 2 is 2.10 bits per heavy atom. The van der Waals surface area contributed by atoms with E-state index in [0.29, 0.717) is 11.3 Å². The second kappa shape index (κ2) is 5.53. The summed E-state index contributed by atoms with van der Waals surface area (Å²) in [6, 6.07) is 11.6. The predicted molar refractivity (Wildman–Crippen MR) is 89.7 cm³/mol. The molecule has 0 saturated carbocycles. The van der Waals surface area contributed by atoms with Crippen molar-refractivity contribution in [1.82, 2.24) is 0 Å². The van der Waals surface area contributed by atoms with E-state index < -0.39 is 0 Å². The summed E-state index contributed by atoms with van der Waals surface area (Å²) in [5.74, 6) is -0.0183. The quantitative estimate of drug-likeness (QED) is 0.796. The van der Waals surface area contributed by atoms with Crippen molar-refractivity contribution in [2.24, 2.45) is 0 Å². The average Bonchev–Trinajstić information content (AvgIpc) is 2.46. The molecular weight excluding hydrogens is 328 g/mol. The molecule has 1 heterocycles. The Labute approximate surface area is 132 Å². The summed E-state index contributed by atoms with van der Waals surface area (Å²) in [7, 11) is 0. The van der Waals surface area contributed by atoms with Crippen LogP contribution in [-0.4, -0.2) is 12.5 Å². The monoisotopic (exact) mass is 344 g/mol. The lowest BCUT2D eigenvalue weighted by Gasteiger charge is -2.31. The number of amides is 1. The maximum Gasteiger partial charge on any atom is 0.260 e. The Morgan fingerprint density at radius 3 is 2.86 bits per heavy atom. The van der Waals surface area contributed by atoms with Crippen LogP contribution in [0.3, 0.4) is 0 Å². The van der Waals surface area contributed by atoms with Gasteiger partial charge in [0.05, 0.1) is 11.3 Å². The third kappa shape index (κ3) is 2.56. The highest BCUT2D eigenvalue weighted by atomic mass is 79.9. The second-order valence-corrected chi connectivity index (χ2v) is 6.29. The van der Waals surface area contributed by atoms with Gasteiger partial charge < -0.3 is 10.6 Å². The molecule has 3 nitrogen and oxygen atoms in total. The first-order valence-electron chi connectivity index (χ1n) is 7.03. The zero-order chi connectivity index (χ0) is 15.0. The summed E-state index contributed by atoms with van der Waals surface area (Å²) in [5, 5.41) is 0. The van der Waals surface area contributed by atoms with Crippen LogP contribution in [0.15, 0.2) is 40.9 Å². The lowest BCUT2D eigenvalue weighted by molar-refractivity contribution is 0.0986. The van der Waals surface area contributed by atoms with Gasteiger partial charge in [-0.25, -0.2) is 0 Å². The van der Waals surface area contributed by atoms with E-state index in [1.807, 2.05) is 11.0 Å². The summed E-state index contributed by atoms with van der Waals surface area (Å²) in [4.78, 5) is 14.7. The van der Waals surface area contributed by atoms with E-state index in [9.17, 15) is 4.79 Å². The minimum absolute atomic E-state index is 0.0183. The number of carbonyl (C=O) groups is 1. The van der Waals surface area contributed by atoms with Gasteiger partial charge in [0, 0.05) is 16.7 Å². The Bertz CT molecular complexity index is 712. The van der Waals surface area contributed by atoms with Crippen molar-refractivity contribution in [2.75, 3.05) is 17.2 Å². The molecule has 1 aliphatic rings. The van der Waals surface area contributed by atoms with Crippen molar-refractivity contribution in [3.05, 3.63) is 57.6 Å². The number of nitrogens with two attached hydrogens (primary N) is 1. The lowest BCUT2D eigenvalue weighted by atomic mass is 9.97. The molecule has 2 N–H and O–H groups in total. The second-order valence-electron chi connectivity index (χ2n) is 5.37. The molecule has 2 aromatic rings. The molecule has 0 saturated heterocycles. The van der Waals surface area contributed by atoms with Crippen LogP contribution in [0.4, 0.5) is 11.4 Å². The van der Waals surface area contributed by atoms with Gasteiger partial charge in [-0.3, -0.25) is 4.79 Å². The van der Waals surface area contributed by atoms with Crippen LogP contribution in [0.5, 0.6) is 0 Å². The first-order chi connectivity index (χ1) is 10.1. The fourth-order valence-electron chi connectivity index (χ4n) is 2.92. The van der Waals surface area contributed by atoms with Crippen LogP contribution in [-0.2, 0) is 6.42 Å². The molecule has 3 rings (SSSR count). The SMILES string of the molecule is Cc1cccc2c1N(C(=O)c1ccc(Br)cc1N)CCC2. The summed E-state index contributed by atoms with van der Waals surface area (Å²) in [6.45, 7) is 2.79. The summed E-state index contributed by atoms with van der Waals surface area (Å²) < 4.78 is 0.881. The predicted octanol–water partition coefficient (Wildman–Crippen LogP) is 3.93. The minimum atomic E-state index is -0.0183. The van der Waals surface area contributed by atoms with Gasteiger partial charge in [0.25, 0.3) is 5.91 Å². The van der Waals surface area contributed by atoms with Gasteiger partial charge in [0.2, 0.25) is 0 Å². The molecule has 0 bridgehead atoms. The van der Waals surface area contributed by atoms with Crippen molar-refractivity contribution in [3.8, 4) is 0 Å². The van der Waals surface area contributed by atoms with Crippen molar-refractivity contribution in [1.29, 1.82) is 0 Å². The number of nitrogens with zero attached hydrogens (tertiary/aromatic N) is 1. The highest BCUT2D eigenvalue weighted by Crippen LogP contribution is 2.32. The zero-order valence-corrected chi connectivity index (χ0v) is 13.5. The normalized spacial score (nSPS) is 13.9. The lowest BCUT2D eigenvalue weighted by Crippen LogP contribution is -2.36. The van der Waals surface area contributed by atoms with Crippen molar-refractivity contribution in [3.63, 3.8) is 0 Å². The molecule has 0 spiro atoms. The number of fused-ring (bicyclic) bond motifs is 1. The molecule has 0 atom stereocenters. The number of halogens is 1. The number of aryl methyl sites for hydroxylation is 2. The zero-order valence-electron chi connectivity index (χ0n) is 11.9. The molecule has 0 unspecified atom stereocenters. The number of hydrogen-bond donors (Lipinski definition) is 1.